The first-order valence-electron chi connectivity index (χ1n) is 8.09. The molecule has 0 unspecified atom stereocenters. The third-order valence-electron chi connectivity index (χ3n) is 4.24. The minimum absolute atomic E-state index is 0.110. The smallest absolute Gasteiger partial charge is 0.354 e. The number of nitrogens with zero attached hydrogens (tertiary/aromatic N) is 3. The molecule has 8 heteroatoms. The minimum Gasteiger partial charge on any atom is -0.497 e. The fourth-order valence-corrected chi connectivity index (χ4v) is 3.93. The molecule has 0 atom stereocenters. The van der Waals surface area contributed by atoms with Crippen molar-refractivity contribution in [1.82, 2.24) is 9.55 Å². The molecule has 6 nitrogen and oxygen atoms in total. The number of aromatic nitrogens is 3. The van der Waals surface area contributed by atoms with Crippen molar-refractivity contribution in [2.24, 2.45) is 0 Å². The highest BCUT2D eigenvalue weighted by molar-refractivity contribution is 7.15. The van der Waals surface area contributed by atoms with Crippen molar-refractivity contribution in [3.05, 3.63) is 74.6 Å². The number of fused-ring (bicyclic) bond motifs is 1. The second-order valence-electron chi connectivity index (χ2n) is 5.83. The van der Waals surface area contributed by atoms with Gasteiger partial charge in [0.1, 0.15) is 12.3 Å². The van der Waals surface area contributed by atoms with Crippen LogP contribution in [-0.4, -0.2) is 21.8 Å². The van der Waals surface area contributed by atoms with Crippen LogP contribution < -0.4 is 14.7 Å². The first-order chi connectivity index (χ1) is 13.1. The lowest BCUT2D eigenvalue weighted by Gasteiger charge is -2.09. The predicted molar refractivity (Wildman–Crippen MR) is 104 cm³/mol. The number of rotatable bonds is 4. The first-order valence-corrected chi connectivity index (χ1v) is 9.28. The number of pyridine rings is 1. The van der Waals surface area contributed by atoms with Crippen LogP contribution in [0.1, 0.15) is 4.88 Å². The highest BCUT2D eigenvalue weighted by Crippen LogP contribution is 2.29. The normalized spacial score (nSPS) is 11.0. The van der Waals surface area contributed by atoms with Crippen molar-refractivity contribution in [2.45, 2.75) is 6.54 Å². The number of benzene rings is 1. The van der Waals surface area contributed by atoms with Gasteiger partial charge < -0.3 is 9.84 Å². The third-order valence-corrected chi connectivity index (χ3v) is 5.34. The quantitative estimate of drug-likeness (QED) is 0.534. The molecule has 0 aliphatic heterocycles. The lowest BCUT2D eigenvalue weighted by Crippen LogP contribution is -2.43. The van der Waals surface area contributed by atoms with Gasteiger partial charge in [0.15, 0.2) is 10.0 Å². The van der Waals surface area contributed by atoms with Crippen molar-refractivity contribution >= 4 is 28.6 Å². The molecule has 136 valence electrons. The summed E-state index contributed by atoms with van der Waals surface area (Å²) in [5.41, 5.74) is 1.10. The molecule has 4 aromatic rings. The molecule has 0 saturated carbocycles. The van der Waals surface area contributed by atoms with Gasteiger partial charge in [0.05, 0.1) is 18.2 Å². The number of halogens is 1. The van der Waals surface area contributed by atoms with E-state index in [2.05, 4.69) is 4.98 Å². The Morgan fingerprint density at radius 1 is 1.26 bits per heavy atom. The summed E-state index contributed by atoms with van der Waals surface area (Å²) in [6, 6.07) is 12.4. The summed E-state index contributed by atoms with van der Waals surface area (Å²) in [6.07, 6.45) is 3.34. The van der Waals surface area contributed by atoms with E-state index in [0.717, 1.165) is 4.88 Å². The Balaban J connectivity index is 1.97. The van der Waals surface area contributed by atoms with E-state index < -0.39 is 0 Å². The van der Waals surface area contributed by atoms with Crippen LogP contribution in [0, 0.1) is 0 Å². The summed E-state index contributed by atoms with van der Waals surface area (Å²) >= 11 is 7.26. The molecule has 1 aromatic carbocycles. The predicted octanol–water partition coefficient (Wildman–Crippen LogP) is 3.13. The molecule has 0 fully saturated rings. The maximum absolute atomic E-state index is 13.0. The zero-order chi connectivity index (χ0) is 19.0. The van der Waals surface area contributed by atoms with Crippen LogP contribution in [0.25, 0.3) is 16.8 Å². The fourth-order valence-electron chi connectivity index (χ4n) is 2.96. The van der Waals surface area contributed by atoms with E-state index in [9.17, 15) is 9.90 Å². The molecule has 0 bridgehead atoms. The Morgan fingerprint density at radius 2 is 2.04 bits per heavy atom. The monoisotopic (exact) mass is 400 g/mol. The summed E-state index contributed by atoms with van der Waals surface area (Å²) in [5, 5.41) is 11.0. The summed E-state index contributed by atoms with van der Waals surface area (Å²) in [6.45, 7) is 0.340. The molecule has 4 rings (SSSR count). The van der Waals surface area contributed by atoms with E-state index in [1.165, 1.54) is 15.7 Å². The largest absolute Gasteiger partial charge is 0.497 e. The average molecular weight is 401 g/mol. The van der Waals surface area contributed by atoms with Gasteiger partial charge in [-0.05, 0) is 23.8 Å². The van der Waals surface area contributed by atoms with Crippen molar-refractivity contribution < 1.29 is 14.2 Å². The zero-order valence-corrected chi connectivity index (χ0v) is 15.9. The molecule has 0 saturated heterocycles. The minimum atomic E-state index is -0.299. The van der Waals surface area contributed by atoms with Gasteiger partial charge in [-0.25, -0.2) is 9.78 Å². The molecular weight excluding hydrogens is 386 g/mol. The second-order valence-corrected chi connectivity index (χ2v) is 7.52. The van der Waals surface area contributed by atoms with E-state index in [-0.39, 0.29) is 17.0 Å². The summed E-state index contributed by atoms with van der Waals surface area (Å²) in [4.78, 5) is 18.0. The number of hydrogen-bond donors (Lipinski definition) is 1. The number of hydrogen-bond acceptors (Lipinski definition) is 5. The molecule has 0 aliphatic carbocycles. The van der Waals surface area contributed by atoms with Crippen LogP contribution in [0.5, 0.6) is 11.6 Å². The van der Waals surface area contributed by atoms with Crippen LogP contribution in [0.3, 0.4) is 0 Å². The Labute approximate surface area is 163 Å². The van der Waals surface area contributed by atoms with Gasteiger partial charge >= 0.3 is 5.56 Å². The maximum atomic E-state index is 13.0. The van der Waals surface area contributed by atoms with E-state index in [4.69, 9.17) is 16.3 Å². The highest BCUT2D eigenvalue weighted by Gasteiger charge is 2.25. The van der Waals surface area contributed by atoms with E-state index >= 15 is 0 Å². The SMILES string of the molecule is COc1ccc(-c2c(O)n(Cc3cnc(Cl)s3)c3cccc[n+]3c2=O)cc1. The summed E-state index contributed by atoms with van der Waals surface area (Å²) in [7, 11) is 1.57. The zero-order valence-electron chi connectivity index (χ0n) is 14.3. The topological polar surface area (TPSA) is 68.5 Å². The molecule has 27 heavy (non-hydrogen) atoms. The summed E-state index contributed by atoms with van der Waals surface area (Å²) in [5.74, 6) is 0.562. The van der Waals surface area contributed by atoms with Gasteiger partial charge in [0.25, 0.3) is 11.5 Å². The van der Waals surface area contributed by atoms with Crippen LogP contribution in [0.15, 0.2) is 59.7 Å². The van der Waals surface area contributed by atoms with E-state index in [1.807, 2.05) is 6.07 Å². The number of ether oxygens (including phenoxy) is 1. The molecule has 0 amide bonds. The van der Waals surface area contributed by atoms with E-state index in [1.54, 1.807) is 60.5 Å². The number of thiazole rings is 1. The van der Waals surface area contributed by atoms with Gasteiger partial charge in [-0.15, -0.1) is 11.3 Å². The molecule has 3 heterocycles. The second kappa shape index (κ2) is 7.02. The van der Waals surface area contributed by atoms with Crippen molar-refractivity contribution in [1.29, 1.82) is 0 Å². The van der Waals surface area contributed by atoms with Gasteiger partial charge in [0.2, 0.25) is 0 Å². The standard InChI is InChI=1S/C19H14ClN3O3S/c1-26-13-7-5-12(6-8-13)16-17(24)22-9-3-2-4-15(22)23(18(16)25)11-14-10-21-19(20)27-14/h2-10H,11H2,1H3/p+1. The molecule has 0 radical (unpaired) electrons. The number of aromatic hydroxyl groups is 1. The van der Waals surface area contributed by atoms with Crippen LogP contribution in [0.2, 0.25) is 4.47 Å². The van der Waals surface area contributed by atoms with Gasteiger partial charge in [-0.3, -0.25) is 0 Å². The lowest BCUT2D eigenvalue weighted by molar-refractivity contribution is -0.532. The van der Waals surface area contributed by atoms with Crippen molar-refractivity contribution in [3.63, 3.8) is 0 Å². The Hall–Kier alpha value is -2.90. The van der Waals surface area contributed by atoms with Crippen molar-refractivity contribution in [2.75, 3.05) is 7.11 Å². The maximum Gasteiger partial charge on any atom is 0.354 e. The highest BCUT2D eigenvalue weighted by atomic mass is 35.5. The van der Waals surface area contributed by atoms with E-state index in [0.29, 0.717) is 28.0 Å². The fraction of sp³-hybridized carbons (Fsp3) is 0.105. The summed E-state index contributed by atoms with van der Waals surface area (Å²) < 4.78 is 8.79. The van der Waals surface area contributed by atoms with Crippen LogP contribution in [-0.2, 0) is 6.54 Å². The Kier molecular flexibility index (Phi) is 4.55. The molecule has 0 spiro atoms. The van der Waals surface area contributed by atoms with Gasteiger partial charge in [-0.1, -0.05) is 29.8 Å². The Bertz CT molecular complexity index is 1190. The van der Waals surface area contributed by atoms with Crippen LogP contribution >= 0.6 is 22.9 Å². The molecule has 3 aromatic heterocycles. The molecule has 1 N–H and O–H groups in total. The van der Waals surface area contributed by atoms with Gasteiger partial charge in [0, 0.05) is 12.3 Å². The third kappa shape index (κ3) is 3.15. The van der Waals surface area contributed by atoms with Crippen molar-refractivity contribution in [3.8, 4) is 22.8 Å². The number of methoxy groups -OCH3 is 1. The molecule has 0 aliphatic rings. The molecular formula is C19H15ClN3O3S+. The van der Waals surface area contributed by atoms with Gasteiger partial charge in [-0.2, -0.15) is 8.97 Å². The van der Waals surface area contributed by atoms with Crippen LogP contribution in [0.4, 0.5) is 0 Å². The average Bonchev–Trinajstić information content (AvgIpc) is 3.11. The lowest BCUT2D eigenvalue weighted by atomic mass is 10.1. The first kappa shape index (κ1) is 17.5. The Morgan fingerprint density at radius 3 is 2.70 bits per heavy atom.